The van der Waals surface area contributed by atoms with E-state index in [0.29, 0.717) is 37.6 Å². The quantitative estimate of drug-likeness (QED) is 0.584. The molecule has 28 heavy (non-hydrogen) atoms. The topological polar surface area (TPSA) is 84.3 Å². The van der Waals surface area contributed by atoms with Crippen molar-refractivity contribution in [3.8, 4) is 11.4 Å². The van der Waals surface area contributed by atoms with Gasteiger partial charge in [0.1, 0.15) is 5.75 Å². The number of carboxylic acid groups (broad SMARTS) is 1. The van der Waals surface area contributed by atoms with Crippen molar-refractivity contribution in [3.05, 3.63) is 77.4 Å². The number of ether oxygens (including phenoxy) is 1. The first-order valence-electron chi connectivity index (χ1n) is 7.87. The van der Waals surface area contributed by atoms with Crippen LogP contribution in [0.3, 0.4) is 0 Å². The average molecular weight is 484 g/mol. The van der Waals surface area contributed by atoms with Crippen molar-refractivity contribution < 1.29 is 14.6 Å². The van der Waals surface area contributed by atoms with Gasteiger partial charge >= 0.3 is 5.97 Å². The summed E-state index contributed by atoms with van der Waals surface area (Å²) in [7, 11) is 0. The highest BCUT2D eigenvalue weighted by Crippen LogP contribution is 2.24. The molecule has 0 aliphatic carbocycles. The molecule has 0 aliphatic heterocycles. The van der Waals surface area contributed by atoms with E-state index in [1.54, 1.807) is 42.5 Å². The largest absolute Gasteiger partial charge is 0.481 e. The van der Waals surface area contributed by atoms with E-state index in [1.165, 1.54) is 4.68 Å². The minimum Gasteiger partial charge on any atom is -0.481 e. The third-order valence-electron chi connectivity index (χ3n) is 3.79. The van der Waals surface area contributed by atoms with Gasteiger partial charge in [-0.15, -0.1) is 0 Å². The number of aromatic amines is 1. The van der Waals surface area contributed by atoms with E-state index < -0.39 is 12.6 Å². The second-order valence-electron chi connectivity index (χ2n) is 5.75. The van der Waals surface area contributed by atoms with Crippen molar-refractivity contribution >= 4 is 57.8 Å². The Balaban J connectivity index is 2.14. The summed E-state index contributed by atoms with van der Waals surface area (Å²) in [5.74, 6) is -0.776. The predicted molar refractivity (Wildman–Crippen MR) is 112 cm³/mol. The third-order valence-corrected chi connectivity index (χ3v) is 5.02. The van der Waals surface area contributed by atoms with Gasteiger partial charge in [0.2, 0.25) is 0 Å². The number of hydrogen-bond acceptors (Lipinski definition) is 3. The van der Waals surface area contributed by atoms with Gasteiger partial charge in [-0.3, -0.25) is 9.89 Å². The Kier molecular flexibility index (Phi) is 5.98. The van der Waals surface area contributed by atoms with E-state index in [1.807, 2.05) is 0 Å². The van der Waals surface area contributed by atoms with E-state index in [9.17, 15) is 9.59 Å². The molecule has 0 saturated carbocycles. The first-order chi connectivity index (χ1) is 13.3. The van der Waals surface area contributed by atoms with Crippen LogP contribution in [0.5, 0.6) is 5.75 Å². The maximum absolute atomic E-state index is 12.9. The molecule has 2 aromatic carbocycles. The summed E-state index contributed by atoms with van der Waals surface area (Å²) in [4.78, 5) is 23.7. The molecule has 0 bridgehead atoms. The Hall–Kier alpha value is -2.48. The van der Waals surface area contributed by atoms with Crippen molar-refractivity contribution in [1.82, 2.24) is 9.78 Å². The molecular weight excluding hydrogens is 471 g/mol. The molecule has 2 N–H and O–H groups in total. The summed E-state index contributed by atoms with van der Waals surface area (Å²) in [6, 6.07) is 9.84. The summed E-state index contributed by atoms with van der Waals surface area (Å²) in [6.07, 6.45) is 1.58. The van der Waals surface area contributed by atoms with Crippen molar-refractivity contribution in [1.29, 1.82) is 0 Å². The second kappa shape index (κ2) is 8.26. The smallest absolute Gasteiger partial charge is 0.341 e. The predicted octanol–water partition coefficient (Wildman–Crippen LogP) is 2.94. The standard InChI is InChI=1S/C19H13BrCl2N2O4/c1-10-14(7-11-6-12(20)2-5-17(11)28-9-18(25)26)19(27)24(23-10)13-3-4-15(21)16(22)8-13/h2-8,23H,1,9H2,(H,25,26)/b14-7+. The van der Waals surface area contributed by atoms with Gasteiger partial charge in [0, 0.05) is 10.0 Å². The van der Waals surface area contributed by atoms with Crippen LogP contribution in [0, 0.1) is 0 Å². The van der Waals surface area contributed by atoms with Crippen LogP contribution < -0.4 is 20.9 Å². The molecule has 9 heteroatoms. The Bertz CT molecular complexity index is 1230. The number of nitrogens with one attached hydrogen (secondary N) is 1. The van der Waals surface area contributed by atoms with Gasteiger partial charge in [0.05, 0.1) is 26.3 Å². The maximum Gasteiger partial charge on any atom is 0.341 e. The van der Waals surface area contributed by atoms with Crippen LogP contribution in [-0.4, -0.2) is 27.5 Å². The number of H-pyrrole nitrogens is 1. The summed E-state index contributed by atoms with van der Waals surface area (Å²) in [6.45, 7) is 3.38. The zero-order valence-electron chi connectivity index (χ0n) is 14.2. The molecule has 0 atom stereocenters. The van der Waals surface area contributed by atoms with Crippen molar-refractivity contribution in [3.63, 3.8) is 0 Å². The fourth-order valence-corrected chi connectivity index (χ4v) is 3.18. The lowest BCUT2D eigenvalue weighted by atomic mass is 10.1. The molecule has 144 valence electrons. The first kappa shape index (κ1) is 20.3. The SMILES string of the molecule is C=c1[nH]n(-c2ccc(Cl)c(Cl)c2)c(=O)/c1=C/c1cc(Br)ccc1OCC(=O)O. The summed E-state index contributed by atoms with van der Waals surface area (Å²) in [5.41, 5.74) is 0.672. The van der Waals surface area contributed by atoms with Crippen LogP contribution in [0.15, 0.2) is 45.7 Å². The van der Waals surface area contributed by atoms with E-state index in [-0.39, 0.29) is 5.56 Å². The van der Waals surface area contributed by atoms with Crippen LogP contribution in [0.4, 0.5) is 0 Å². The molecular formula is C19H13BrCl2N2O4. The minimum absolute atomic E-state index is 0.296. The lowest BCUT2D eigenvalue weighted by molar-refractivity contribution is -0.139. The maximum atomic E-state index is 12.9. The number of benzene rings is 2. The molecule has 6 nitrogen and oxygen atoms in total. The average Bonchev–Trinajstić information content (AvgIpc) is 2.91. The lowest BCUT2D eigenvalue weighted by Crippen LogP contribution is -2.34. The molecule has 1 aromatic heterocycles. The molecule has 1 heterocycles. The Morgan fingerprint density at radius 2 is 2.00 bits per heavy atom. The zero-order chi connectivity index (χ0) is 20.4. The van der Waals surface area contributed by atoms with Crippen molar-refractivity contribution in [2.45, 2.75) is 0 Å². The molecule has 0 aliphatic rings. The normalized spacial score (nSPS) is 11.6. The van der Waals surface area contributed by atoms with E-state index >= 15 is 0 Å². The number of aromatic nitrogens is 2. The summed E-state index contributed by atoms with van der Waals surface area (Å²) < 4.78 is 7.34. The Morgan fingerprint density at radius 1 is 1.25 bits per heavy atom. The third kappa shape index (κ3) is 4.32. The number of aliphatic carboxylic acids is 1. The minimum atomic E-state index is -1.10. The van der Waals surface area contributed by atoms with Gasteiger partial charge in [-0.1, -0.05) is 45.7 Å². The summed E-state index contributed by atoms with van der Waals surface area (Å²) in [5, 5.41) is 13.1. The monoisotopic (exact) mass is 482 g/mol. The van der Waals surface area contributed by atoms with Gasteiger partial charge in [-0.2, -0.15) is 0 Å². The van der Waals surface area contributed by atoms with Gasteiger partial charge in [-0.05, 0) is 42.5 Å². The fraction of sp³-hybridized carbons (Fsp3) is 0.0526. The van der Waals surface area contributed by atoms with Gasteiger partial charge in [-0.25, -0.2) is 9.48 Å². The van der Waals surface area contributed by atoms with E-state index in [2.05, 4.69) is 27.6 Å². The first-order valence-corrected chi connectivity index (χ1v) is 9.42. The van der Waals surface area contributed by atoms with Crippen LogP contribution in [0.1, 0.15) is 5.56 Å². The molecule has 0 unspecified atom stereocenters. The number of carboxylic acids is 1. The lowest BCUT2D eigenvalue weighted by Gasteiger charge is -2.07. The molecule has 0 saturated heterocycles. The number of hydrogen-bond donors (Lipinski definition) is 2. The van der Waals surface area contributed by atoms with Crippen molar-refractivity contribution in [2.24, 2.45) is 0 Å². The molecule has 0 fully saturated rings. The number of rotatable bonds is 5. The molecule has 0 amide bonds. The highest BCUT2D eigenvalue weighted by atomic mass is 79.9. The van der Waals surface area contributed by atoms with Crippen LogP contribution in [-0.2, 0) is 4.79 Å². The van der Waals surface area contributed by atoms with Crippen LogP contribution in [0.2, 0.25) is 10.0 Å². The van der Waals surface area contributed by atoms with Crippen molar-refractivity contribution in [2.75, 3.05) is 6.61 Å². The summed E-state index contributed by atoms with van der Waals surface area (Å²) >= 11 is 15.3. The van der Waals surface area contributed by atoms with Crippen LogP contribution in [0.25, 0.3) is 18.3 Å². The highest BCUT2D eigenvalue weighted by molar-refractivity contribution is 9.10. The van der Waals surface area contributed by atoms with Crippen LogP contribution >= 0.6 is 39.1 Å². The number of carbonyl (C=O) groups is 1. The molecule has 3 aromatic rings. The van der Waals surface area contributed by atoms with E-state index in [4.69, 9.17) is 33.0 Å². The van der Waals surface area contributed by atoms with E-state index in [0.717, 1.165) is 4.47 Å². The Morgan fingerprint density at radius 3 is 2.68 bits per heavy atom. The Labute approximate surface area is 177 Å². The zero-order valence-corrected chi connectivity index (χ0v) is 17.3. The number of halogens is 3. The highest BCUT2D eigenvalue weighted by Gasteiger charge is 2.10. The molecule has 3 rings (SSSR count). The second-order valence-corrected chi connectivity index (χ2v) is 7.48. The fourth-order valence-electron chi connectivity index (χ4n) is 2.51. The molecule has 0 radical (unpaired) electrons. The molecule has 0 spiro atoms. The van der Waals surface area contributed by atoms with Gasteiger partial charge in [0.25, 0.3) is 5.56 Å². The number of nitrogens with zero attached hydrogens (tertiary/aromatic N) is 1. The van der Waals surface area contributed by atoms with Gasteiger partial charge in [0.15, 0.2) is 6.61 Å². The van der Waals surface area contributed by atoms with Gasteiger partial charge < -0.3 is 9.84 Å².